The quantitative estimate of drug-likeness (QED) is 0.451. The molecular formula is C9H10ClNO2. The van der Waals surface area contributed by atoms with Gasteiger partial charge >= 0.3 is 0 Å². The Balaban J connectivity index is 0.000000424. The Kier molecular flexibility index (Phi) is 6.55. The van der Waals surface area contributed by atoms with Crippen LogP contribution in [0.5, 0.6) is 0 Å². The lowest BCUT2D eigenvalue weighted by Gasteiger charge is -1.93. The molecule has 1 aromatic heterocycles. The summed E-state index contributed by atoms with van der Waals surface area (Å²) < 4.78 is 0. The summed E-state index contributed by atoms with van der Waals surface area (Å²) in [5.41, 5.74) is 0.961. The van der Waals surface area contributed by atoms with Gasteiger partial charge in [0.2, 0.25) is 0 Å². The highest BCUT2D eigenvalue weighted by Crippen LogP contribution is 2.05. The molecule has 0 saturated carbocycles. The molecule has 1 heterocycles. The van der Waals surface area contributed by atoms with Gasteiger partial charge in [-0.3, -0.25) is 4.79 Å². The van der Waals surface area contributed by atoms with E-state index >= 15 is 0 Å². The van der Waals surface area contributed by atoms with E-state index in [1.807, 2.05) is 12.1 Å². The molecule has 1 aromatic rings. The third kappa shape index (κ3) is 5.87. The molecule has 0 spiro atoms. The van der Waals surface area contributed by atoms with E-state index in [4.69, 9.17) is 21.5 Å². The molecule has 3 nitrogen and oxygen atoms in total. The topological polar surface area (TPSA) is 50.2 Å². The van der Waals surface area contributed by atoms with Gasteiger partial charge in [0.25, 0.3) is 6.47 Å². The highest BCUT2D eigenvalue weighted by atomic mass is 35.5. The average Bonchev–Trinajstić information content (AvgIpc) is 2.06. The van der Waals surface area contributed by atoms with Crippen LogP contribution in [-0.2, 0) is 11.2 Å². The molecule has 0 saturated heterocycles. The molecule has 0 atom stereocenters. The van der Waals surface area contributed by atoms with Gasteiger partial charge in [-0.25, -0.2) is 4.98 Å². The summed E-state index contributed by atoms with van der Waals surface area (Å²) in [5, 5.41) is 7.43. The van der Waals surface area contributed by atoms with Crippen LogP contribution in [-0.4, -0.2) is 16.6 Å². The third-order valence-electron chi connectivity index (χ3n) is 1.13. The zero-order valence-corrected chi connectivity index (χ0v) is 7.74. The summed E-state index contributed by atoms with van der Waals surface area (Å²) in [5.74, 6) is 0. The molecule has 1 N–H and O–H groups in total. The Morgan fingerprint density at radius 2 is 2.23 bits per heavy atom. The minimum absolute atomic E-state index is 0.250. The highest BCUT2D eigenvalue weighted by Gasteiger charge is 1.90. The highest BCUT2D eigenvalue weighted by molar-refractivity contribution is 6.29. The lowest BCUT2D eigenvalue weighted by molar-refractivity contribution is -0.122. The van der Waals surface area contributed by atoms with Crippen LogP contribution >= 0.6 is 11.6 Å². The van der Waals surface area contributed by atoms with Crippen LogP contribution in [0.1, 0.15) is 5.69 Å². The van der Waals surface area contributed by atoms with E-state index in [1.165, 1.54) is 0 Å². The second-order valence-corrected chi connectivity index (χ2v) is 2.44. The van der Waals surface area contributed by atoms with Crippen molar-refractivity contribution >= 4 is 18.1 Å². The molecule has 4 heteroatoms. The fourth-order valence-corrected chi connectivity index (χ4v) is 0.893. The average molecular weight is 200 g/mol. The Bertz CT molecular complexity index is 276. The van der Waals surface area contributed by atoms with Gasteiger partial charge in [-0.1, -0.05) is 23.7 Å². The van der Waals surface area contributed by atoms with Crippen LogP contribution in [0, 0.1) is 0 Å². The van der Waals surface area contributed by atoms with Crippen LogP contribution in [0.2, 0.25) is 5.15 Å². The summed E-state index contributed by atoms with van der Waals surface area (Å²) in [4.78, 5) is 12.4. The van der Waals surface area contributed by atoms with Crippen LogP contribution in [0.15, 0.2) is 30.9 Å². The van der Waals surface area contributed by atoms with E-state index in [0.717, 1.165) is 12.1 Å². The Hall–Kier alpha value is -1.35. The number of hydrogen-bond donors (Lipinski definition) is 1. The summed E-state index contributed by atoms with van der Waals surface area (Å²) in [6, 6.07) is 5.57. The molecule has 1 rings (SSSR count). The maximum atomic E-state index is 8.36. The Morgan fingerprint density at radius 3 is 2.69 bits per heavy atom. The van der Waals surface area contributed by atoms with Gasteiger partial charge in [-0.05, 0) is 12.1 Å². The molecular weight excluding hydrogens is 190 g/mol. The van der Waals surface area contributed by atoms with Crippen molar-refractivity contribution in [1.29, 1.82) is 0 Å². The second kappa shape index (κ2) is 7.31. The molecule has 0 fully saturated rings. The van der Waals surface area contributed by atoms with Crippen molar-refractivity contribution in [2.24, 2.45) is 0 Å². The first-order valence-electron chi connectivity index (χ1n) is 3.54. The van der Waals surface area contributed by atoms with Gasteiger partial charge in [0.05, 0.1) is 0 Å². The van der Waals surface area contributed by atoms with Crippen molar-refractivity contribution in [2.75, 3.05) is 0 Å². The number of aromatic nitrogens is 1. The minimum Gasteiger partial charge on any atom is -0.483 e. The Labute approximate surface area is 81.7 Å². The number of allylic oxidation sites excluding steroid dienone is 1. The minimum atomic E-state index is -0.250. The smallest absolute Gasteiger partial charge is 0.290 e. The van der Waals surface area contributed by atoms with Crippen LogP contribution in [0.25, 0.3) is 0 Å². The molecule has 0 aliphatic carbocycles. The van der Waals surface area contributed by atoms with Crippen LogP contribution in [0.4, 0.5) is 0 Å². The molecule has 0 aliphatic heterocycles. The molecule has 0 radical (unpaired) electrons. The molecule has 0 aliphatic rings. The first kappa shape index (κ1) is 11.6. The molecule has 70 valence electrons. The van der Waals surface area contributed by atoms with E-state index in [0.29, 0.717) is 5.15 Å². The van der Waals surface area contributed by atoms with Crippen molar-refractivity contribution < 1.29 is 9.90 Å². The first-order valence-corrected chi connectivity index (χ1v) is 3.92. The van der Waals surface area contributed by atoms with Crippen molar-refractivity contribution in [3.05, 3.63) is 41.7 Å². The fraction of sp³-hybridized carbons (Fsp3) is 0.111. The van der Waals surface area contributed by atoms with Crippen LogP contribution < -0.4 is 0 Å². The number of halogens is 1. The summed E-state index contributed by atoms with van der Waals surface area (Å²) in [7, 11) is 0. The fourth-order valence-electron chi connectivity index (χ4n) is 0.712. The Morgan fingerprint density at radius 1 is 1.62 bits per heavy atom. The SMILES string of the molecule is C=CCc1cccc(Cl)n1.O=CO. The zero-order chi connectivity index (χ0) is 10.1. The van der Waals surface area contributed by atoms with Gasteiger partial charge in [0.15, 0.2) is 0 Å². The van der Waals surface area contributed by atoms with Crippen molar-refractivity contribution in [1.82, 2.24) is 4.98 Å². The van der Waals surface area contributed by atoms with Crippen molar-refractivity contribution in [2.45, 2.75) is 6.42 Å². The maximum Gasteiger partial charge on any atom is 0.290 e. The van der Waals surface area contributed by atoms with E-state index in [-0.39, 0.29) is 6.47 Å². The van der Waals surface area contributed by atoms with Crippen LogP contribution in [0.3, 0.4) is 0 Å². The van der Waals surface area contributed by atoms with Gasteiger partial charge in [-0.2, -0.15) is 0 Å². The van der Waals surface area contributed by atoms with Crippen molar-refractivity contribution in [3.8, 4) is 0 Å². The molecule has 13 heavy (non-hydrogen) atoms. The summed E-state index contributed by atoms with van der Waals surface area (Å²) in [6.45, 7) is 3.35. The monoisotopic (exact) mass is 199 g/mol. The normalized spacial score (nSPS) is 8.08. The van der Waals surface area contributed by atoms with E-state index in [1.54, 1.807) is 12.1 Å². The van der Waals surface area contributed by atoms with E-state index in [2.05, 4.69) is 11.6 Å². The first-order chi connectivity index (χ1) is 6.24. The maximum absolute atomic E-state index is 8.36. The molecule has 0 bridgehead atoms. The number of pyridine rings is 1. The number of carboxylic acid groups (broad SMARTS) is 1. The third-order valence-corrected chi connectivity index (χ3v) is 1.34. The second-order valence-electron chi connectivity index (χ2n) is 2.05. The van der Waals surface area contributed by atoms with Gasteiger partial charge in [-0.15, -0.1) is 6.58 Å². The lowest BCUT2D eigenvalue weighted by atomic mass is 10.3. The zero-order valence-electron chi connectivity index (χ0n) is 6.98. The molecule has 0 amide bonds. The van der Waals surface area contributed by atoms with Crippen molar-refractivity contribution in [3.63, 3.8) is 0 Å². The summed E-state index contributed by atoms with van der Waals surface area (Å²) >= 11 is 5.64. The van der Waals surface area contributed by atoms with Gasteiger partial charge in [0.1, 0.15) is 5.15 Å². The predicted molar refractivity (Wildman–Crippen MR) is 51.8 cm³/mol. The predicted octanol–water partition coefficient (Wildman–Crippen LogP) is 2.16. The summed E-state index contributed by atoms with van der Waals surface area (Å²) in [6.07, 6.45) is 2.58. The largest absolute Gasteiger partial charge is 0.483 e. The van der Waals surface area contributed by atoms with Gasteiger partial charge < -0.3 is 5.11 Å². The standard InChI is InChI=1S/C8H8ClN.CH2O2/c1-2-4-7-5-3-6-8(9)10-7;2-1-3/h2-3,5-6H,1,4H2;1H,(H,2,3). The van der Waals surface area contributed by atoms with E-state index < -0.39 is 0 Å². The molecule has 0 unspecified atom stereocenters. The van der Waals surface area contributed by atoms with Gasteiger partial charge in [0, 0.05) is 12.1 Å². The van der Waals surface area contributed by atoms with E-state index in [9.17, 15) is 0 Å². The number of rotatable bonds is 2. The molecule has 0 aromatic carbocycles. The number of nitrogens with zero attached hydrogens (tertiary/aromatic N) is 1. The number of carbonyl (C=O) groups is 1. The lowest BCUT2D eigenvalue weighted by Crippen LogP contribution is -1.85. The number of hydrogen-bond acceptors (Lipinski definition) is 2.